The Morgan fingerprint density at radius 1 is 1.38 bits per heavy atom. The molecule has 0 fully saturated rings. The van der Waals surface area contributed by atoms with Crippen molar-refractivity contribution in [2.75, 3.05) is 11.9 Å². The van der Waals surface area contributed by atoms with Crippen molar-refractivity contribution in [3.63, 3.8) is 0 Å². The van der Waals surface area contributed by atoms with Gasteiger partial charge < -0.3 is 15.7 Å². The van der Waals surface area contributed by atoms with Crippen LogP contribution >= 0.6 is 0 Å². The zero-order valence-electron chi connectivity index (χ0n) is 9.44. The van der Waals surface area contributed by atoms with E-state index in [0.29, 0.717) is 6.42 Å². The van der Waals surface area contributed by atoms with Crippen LogP contribution in [-0.4, -0.2) is 23.8 Å². The minimum atomic E-state index is -0.211. The summed E-state index contributed by atoms with van der Waals surface area (Å²) in [5.74, 6) is 0. The normalized spacial score (nSPS) is 11.9. The van der Waals surface area contributed by atoms with Crippen LogP contribution in [0.1, 0.15) is 19.8 Å². The van der Waals surface area contributed by atoms with E-state index in [1.54, 1.807) is 0 Å². The van der Waals surface area contributed by atoms with Gasteiger partial charge in [-0.3, -0.25) is 0 Å². The average Bonchev–Trinajstić information content (AvgIpc) is 2.27. The number of amides is 2. The summed E-state index contributed by atoms with van der Waals surface area (Å²) in [4.78, 5) is 11.5. The quantitative estimate of drug-likeness (QED) is 0.713. The van der Waals surface area contributed by atoms with E-state index in [1.807, 2.05) is 37.3 Å². The Labute approximate surface area is 95.7 Å². The molecule has 1 rings (SSSR count). The minimum absolute atomic E-state index is 0.0656. The number of nitrogens with one attached hydrogen (secondary N) is 2. The number of benzene rings is 1. The van der Waals surface area contributed by atoms with Gasteiger partial charge in [0.05, 0.1) is 0 Å². The number of hydrogen-bond donors (Lipinski definition) is 3. The first kappa shape index (κ1) is 12.5. The molecule has 2 amide bonds. The molecule has 0 bridgehead atoms. The van der Waals surface area contributed by atoms with Crippen molar-refractivity contribution in [3.05, 3.63) is 30.3 Å². The number of para-hydroxylation sites is 1. The molecule has 16 heavy (non-hydrogen) atoms. The lowest BCUT2D eigenvalue weighted by Gasteiger charge is -2.13. The molecule has 0 aromatic heterocycles. The van der Waals surface area contributed by atoms with Crippen LogP contribution in [-0.2, 0) is 0 Å². The molecule has 0 saturated heterocycles. The molecule has 4 heteroatoms. The molecule has 0 aliphatic carbocycles. The van der Waals surface area contributed by atoms with Crippen LogP contribution in [0.5, 0.6) is 0 Å². The molecule has 3 N–H and O–H groups in total. The van der Waals surface area contributed by atoms with E-state index < -0.39 is 0 Å². The van der Waals surface area contributed by atoms with Gasteiger partial charge in [0.25, 0.3) is 0 Å². The second kappa shape index (κ2) is 6.85. The number of aliphatic hydroxyl groups is 1. The maximum Gasteiger partial charge on any atom is 0.319 e. The van der Waals surface area contributed by atoms with E-state index in [9.17, 15) is 4.79 Å². The third kappa shape index (κ3) is 4.79. The monoisotopic (exact) mass is 222 g/mol. The lowest BCUT2D eigenvalue weighted by atomic mass is 10.2. The maximum atomic E-state index is 11.5. The third-order valence-corrected chi connectivity index (χ3v) is 2.20. The second-order valence-corrected chi connectivity index (χ2v) is 3.73. The number of carbonyl (C=O) groups excluding carboxylic acids is 1. The molecule has 0 heterocycles. The first-order chi connectivity index (χ1) is 7.72. The van der Waals surface area contributed by atoms with Gasteiger partial charge in [0.15, 0.2) is 0 Å². The number of anilines is 1. The zero-order chi connectivity index (χ0) is 11.8. The molecule has 0 radical (unpaired) electrons. The molecule has 0 spiro atoms. The fraction of sp³-hybridized carbons (Fsp3) is 0.417. The van der Waals surface area contributed by atoms with Gasteiger partial charge in [0.1, 0.15) is 0 Å². The molecule has 1 aromatic carbocycles. The van der Waals surface area contributed by atoms with Gasteiger partial charge in [-0.1, -0.05) is 18.2 Å². The summed E-state index contributed by atoms with van der Waals surface area (Å²) in [7, 11) is 0. The molecule has 88 valence electrons. The van der Waals surface area contributed by atoms with Crippen LogP contribution in [0, 0.1) is 0 Å². The highest BCUT2D eigenvalue weighted by atomic mass is 16.3. The SMILES string of the molecule is CC(CCCO)NC(=O)Nc1ccccc1. The molecule has 4 nitrogen and oxygen atoms in total. The van der Waals surface area contributed by atoms with Crippen LogP contribution in [0.2, 0.25) is 0 Å². The second-order valence-electron chi connectivity index (χ2n) is 3.73. The van der Waals surface area contributed by atoms with Crippen molar-refractivity contribution in [2.45, 2.75) is 25.8 Å². The van der Waals surface area contributed by atoms with E-state index in [2.05, 4.69) is 10.6 Å². The van der Waals surface area contributed by atoms with E-state index in [-0.39, 0.29) is 18.7 Å². The van der Waals surface area contributed by atoms with E-state index >= 15 is 0 Å². The van der Waals surface area contributed by atoms with Crippen molar-refractivity contribution in [3.8, 4) is 0 Å². The van der Waals surface area contributed by atoms with Crippen LogP contribution in [0.3, 0.4) is 0 Å². The Hall–Kier alpha value is -1.55. The minimum Gasteiger partial charge on any atom is -0.396 e. The third-order valence-electron chi connectivity index (χ3n) is 2.20. The topological polar surface area (TPSA) is 61.4 Å². The Balaban J connectivity index is 2.31. The van der Waals surface area contributed by atoms with Crippen molar-refractivity contribution in [2.24, 2.45) is 0 Å². The standard InChI is InChI=1S/C12H18N2O2/c1-10(6-5-9-15)13-12(16)14-11-7-3-2-4-8-11/h2-4,7-8,10,15H,5-6,9H2,1H3,(H2,13,14,16). The summed E-state index contributed by atoms with van der Waals surface area (Å²) in [6, 6.07) is 9.14. The molecule has 1 unspecified atom stereocenters. The fourth-order valence-corrected chi connectivity index (χ4v) is 1.38. The number of aliphatic hydroxyl groups excluding tert-OH is 1. The largest absolute Gasteiger partial charge is 0.396 e. The Morgan fingerprint density at radius 3 is 2.69 bits per heavy atom. The Morgan fingerprint density at radius 2 is 2.06 bits per heavy atom. The van der Waals surface area contributed by atoms with E-state index in [4.69, 9.17) is 5.11 Å². The van der Waals surface area contributed by atoms with Gasteiger partial charge in [-0.25, -0.2) is 4.79 Å². The van der Waals surface area contributed by atoms with Gasteiger partial charge in [0, 0.05) is 18.3 Å². The lowest BCUT2D eigenvalue weighted by Crippen LogP contribution is -2.36. The summed E-state index contributed by atoms with van der Waals surface area (Å²) in [6.45, 7) is 2.08. The maximum absolute atomic E-state index is 11.5. The van der Waals surface area contributed by atoms with Crippen LogP contribution in [0.25, 0.3) is 0 Å². The predicted molar refractivity (Wildman–Crippen MR) is 64.4 cm³/mol. The molecule has 0 aliphatic rings. The molecular formula is C12H18N2O2. The number of urea groups is 1. The Kier molecular flexibility index (Phi) is 5.36. The molecule has 1 atom stereocenters. The van der Waals surface area contributed by atoms with Crippen molar-refractivity contribution in [1.82, 2.24) is 5.32 Å². The lowest BCUT2D eigenvalue weighted by molar-refractivity contribution is 0.245. The van der Waals surface area contributed by atoms with E-state index in [1.165, 1.54) is 0 Å². The smallest absolute Gasteiger partial charge is 0.319 e. The van der Waals surface area contributed by atoms with Crippen molar-refractivity contribution < 1.29 is 9.90 Å². The van der Waals surface area contributed by atoms with Crippen LogP contribution in [0.4, 0.5) is 10.5 Å². The number of carbonyl (C=O) groups is 1. The number of hydrogen-bond acceptors (Lipinski definition) is 2. The molecular weight excluding hydrogens is 204 g/mol. The number of rotatable bonds is 5. The van der Waals surface area contributed by atoms with Crippen LogP contribution < -0.4 is 10.6 Å². The van der Waals surface area contributed by atoms with Crippen molar-refractivity contribution in [1.29, 1.82) is 0 Å². The summed E-state index contributed by atoms with van der Waals surface area (Å²) in [5, 5.41) is 14.2. The van der Waals surface area contributed by atoms with Gasteiger partial charge in [-0.05, 0) is 31.9 Å². The van der Waals surface area contributed by atoms with Gasteiger partial charge in [-0.2, -0.15) is 0 Å². The molecule has 1 aromatic rings. The summed E-state index contributed by atoms with van der Waals surface area (Å²) < 4.78 is 0. The molecule has 0 saturated carbocycles. The predicted octanol–water partition coefficient (Wildman–Crippen LogP) is 1.97. The average molecular weight is 222 g/mol. The molecule has 0 aliphatic heterocycles. The highest BCUT2D eigenvalue weighted by Crippen LogP contribution is 2.04. The van der Waals surface area contributed by atoms with Crippen molar-refractivity contribution >= 4 is 11.7 Å². The van der Waals surface area contributed by atoms with Crippen LogP contribution in [0.15, 0.2) is 30.3 Å². The summed E-state index contributed by atoms with van der Waals surface area (Å²) in [5.41, 5.74) is 0.773. The zero-order valence-corrected chi connectivity index (χ0v) is 9.44. The van der Waals surface area contributed by atoms with Gasteiger partial charge in [0.2, 0.25) is 0 Å². The van der Waals surface area contributed by atoms with Gasteiger partial charge >= 0.3 is 6.03 Å². The van der Waals surface area contributed by atoms with E-state index in [0.717, 1.165) is 12.1 Å². The fourth-order valence-electron chi connectivity index (χ4n) is 1.38. The Bertz CT molecular complexity index is 314. The highest BCUT2D eigenvalue weighted by molar-refractivity contribution is 5.89. The summed E-state index contributed by atoms with van der Waals surface area (Å²) >= 11 is 0. The highest BCUT2D eigenvalue weighted by Gasteiger charge is 2.06. The summed E-state index contributed by atoms with van der Waals surface area (Å²) in [6.07, 6.45) is 1.48. The first-order valence-electron chi connectivity index (χ1n) is 5.46. The van der Waals surface area contributed by atoms with Gasteiger partial charge in [-0.15, -0.1) is 0 Å². The first-order valence-corrected chi connectivity index (χ1v) is 5.46.